The molecule has 19 heavy (non-hydrogen) atoms. The summed E-state index contributed by atoms with van der Waals surface area (Å²) in [6.45, 7) is 2.19. The molecule has 0 saturated heterocycles. The number of benzene rings is 2. The van der Waals surface area contributed by atoms with Gasteiger partial charge >= 0.3 is 0 Å². The molecule has 100 valence electrons. The van der Waals surface area contributed by atoms with Crippen LogP contribution in [0.1, 0.15) is 19.8 Å². The van der Waals surface area contributed by atoms with Crippen molar-refractivity contribution in [2.75, 3.05) is 11.5 Å². The molecular formula is C16H18FNS. The van der Waals surface area contributed by atoms with E-state index >= 15 is 0 Å². The molecule has 0 aromatic heterocycles. The number of rotatable bonds is 5. The number of hydrogen-bond donors (Lipinski definition) is 1. The van der Waals surface area contributed by atoms with Crippen LogP contribution < -0.4 is 5.73 Å². The van der Waals surface area contributed by atoms with E-state index in [1.807, 2.05) is 30.0 Å². The molecule has 0 radical (unpaired) electrons. The second-order valence-corrected chi connectivity index (χ2v) is 5.63. The number of hydrogen-bond acceptors (Lipinski definition) is 2. The van der Waals surface area contributed by atoms with Crippen molar-refractivity contribution in [2.24, 2.45) is 0 Å². The first-order valence-corrected chi connectivity index (χ1v) is 7.47. The minimum absolute atomic E-state index is 0.190. The fraction of sp³-hybridized carbons (Fsp3) is 0.250. The summed E-state index contributed by atoms with van der Waals surface area (Å²) in [4.78, 5) is 1.26. The molecule has 2 rings (SSSR count). The molecule has 0 amide bonds. The van der Waals surface area contributed by atoms with Crippen LogP contribution >= 0.6 is 11.8 Å². The van der Waals surface area contributed by atoms with Gasteiger partial charge in [-0.1, -0.05) is 31.5 Å². The Balaban J connectivity index is 2.11. The third-order valence-corrected chi connectivity index (χ3v) is 4.05. The van der Waals surface area contributed by atoms with Gasteiger partial charge in [-0.05, 0) is 47.6 Å². The van der Waals surface area contributed by atoms with E-state index < -0.39 is 0 Å². The van der Waals surface area contributed by atoms with Gasteiger partial charge in [0.05, 0.1) is 5.69 Å². The van der Waals surface area contributed by atoms with Crippen LogP contribution in [-0.4, -0.2) is 5.75 Å². The Morgan fingerprint density at radius 3 is 2.37 bits per heavy atom. The average Bonchev–Trinajstić information content (AvgIpc) is 2.43. The monoisotopic (exact) mass is 275 g/mol. The Hall–Kier alpha value is -1.48. The Bertz CT molecular complexity index is 537. The molecule has 0 bridgehead atoms. The van der Waals surface area contributed by atoms with Crippen molar-refractivity contribution in [3.63, 3.8) is 0 Å². The maximum absolute atomic E-state index is 13.4. The number of thioether (sulfide) groups is 1. The first kappa shape index (κ1) is 13.9. The van der Waals surface area contributed by atoms with Crippen molar-refractivity contribution < 1.29 is 4.39 Å². The van der Waals surface area contributed by atoms with Crippen LogP contribution in [-0.2, 0) is 0 Å². The van der Waals surface area contributed by atoms with E-state index in [0.29, 0.717) is 0 Å². The number of unbranched alkanes of at least 4 members (excludes halogenated alkanes) is 1. The van der Waals surface area contributed by atoms with Gasteiger partial charge in [-0.3, -0.25) is 0 Å². The molecule has 0 aliphatic rings. The van der Waals surface area contributed by atoms with Gasteiger partial charge in [0.25, 0.3) is 0 Å². The number of nitrogen functional groups attached to an aromatic ring is 1. The van der Waals surface area contributed by atoms with Gasteiger partial charge in [0.2, 0.25) is 0 Å². The second kappa shape index (κ2) is 6.62. The number of halogens is 1. The Kier molecular flexibility index (Phi) is 4.86. The molecule has 1 nitrogen and oxygen atoms in total. The lowest BCUT2D eigenvalue weighted by molar-refractivity contribution is 0.633. The molecule has 0 saturated carbocycles. The van der Waals surface area contributed by atoms with Crippen LogP contribution in [0.4, 0.5) is 10.1 Å². The molecule has 0 aliphatic heterocycles. The van der Waals surface area contributed by atoms with Gasteiger partial charge in [-0.2, -0.15) is 0 Å². The van der Waals surface area contributed by atoms with Crippen LogP contribution in [0.2, 0.25) is 0 Å². The highest BCUT2D eigenvalue weighted by Crippen LogP contribution is 2.26. The summed E-state index contributed by atoms with van der Waals surface area (Å²) < 4.78 is 13.4. The molecule has 0 unspecified atom stereocenters. The van der Waals surface area contributed by atoms with Crippen molar-refractivity contribution in [2.45, 2.75) is 24.7 Å². The van der Waals surface area contributed by atoms with E-state index in [1.54, 1.807) is 6.07 Å². The maximum Gasteiger partial charge on any atom is 0.146 e. The van der Waals surface area contributed by atoms with Crippen LogP contribution in [0.15, 0.2) is 47.4 Å². The van der Waals surface area contributed by atoms with Crippen LogP contribution in [0.25, 0.3) is 11.1 Å². The normalized spacial score (nSPS) is 10.6. The summed E-state index contributed by atoms with van der Waals surface area (Å²) in [6, 6.07) is 13.2. The smallest absolute Gasteiger partial charge is 0.146 e. The Labute approximate surface area is 118 Å². The van der Waals surface area contributed by atoms with Gasteiger partial charge in [-0.25, -0.2) is 4.39 Å². The van der Waals surface area contributed by atoms with Gasteiger partial charge < -0.3 is 5.73 Å². The van der Waals surface area contributed by atoms with E-state index in [2.05, 4.69) is 19.1 Å². The lowest BCUT2D eigenvalue weighted by Crippen LogP contribution is -1.90. The standard InChI is InChI=1S/C16H18FNS/c1-2-3-10-19-14-7-4-12(5-8-14)13-6-9-16(18)15(17)11-13/h4-9,11H,2-3,10,18H2,1H3. The summed E-state index contributed by atoms with van der Waals surface area (Å²) in [6.07, 6.45) is 2.45. The van der Waals surface area contributed by atoms with Gasteiger partial charge in [0, 0.05) is 4.90 Å². The van der Waals surface area contributed by atoms with Gasteiger partial charge in [-0.15, -0.1) is 11.8 Å². The van der Waals surface area contributed by atoms with E-state index in [-0.39, 0.29) is 11.5 Å². The third-order valence-electron chi connectivity index (χ3n) is 2.95. The Morgan fingerprint density at radius 2 is 1.74 bits per heavy atom. The molecule has 0 atom stereocenters. The zero-order chi connectivity index (χ0) is 13.7. The summed E-state index contributed by atoms with van der Waals surface area (Å²) in [5, 5.41) is 0. The predicted molar refractivity (Wildman–Crippen MR) is 81.9 cm³/mol. The summed E-state index contributed by atoms with van der Waals surface area (Å²) >= 11 is 1.86. The number of nitrogens with two attached hydrogens (primary N) is 1. The summed E-state index contributed by atoms with van der Waals surface area (Å²) in [7, 11) is 0. The van der Waals surface area contributed by atoms with Gasteiger partial charge in [0.15, 0.2) is 0 Å². The molecule has 2 N–H and O–H groups in total. The molecule has 0 fully saturated rings. The molecule has 2 aromatic carbocycles. The topological polar surface area (TPSA) is 26.0 Å². The lowest BCUT2D eigenvalue weighted by Gasteiger charge is -2.05. The summed E-state index contributed by atoms with van der Waals surface area (Å²) in [5.41, 5.74) is 7.54. The van der Waals surface area contributed by atoms with E-state index in [9.17, 15) is 4.39 Å². The fourth-order valence-electron chi connectivity index (χ4n) is 1.78. The highest BCUT2D eigenvalue weighted by molar-refractivity contribution is 7.99. The molecule has 0 spiro atoms. The zero-order valence-electron chi connectivity index (χ0n) is 11.0. The molecule has 0 heterocycles. The minimum atomic E-state index is -0.362. The van der Waals surface area contributed by atoms with Crippen LogP contribution in [0, 0.1) is 5.82 Å². The third kappa shape index (κ3) is 3.74. The van der Waals surface area contributed by atoms with E-state index in [1.165, 1.54) is 23.8 Å². The maximum atomic E-state index is 13.4. The highest BCUT2D eigenvalue weighted by Gasteiger charge is 2.03. The SMILES string of the molecule is CCCCSc1ccc(-c2ccc(N)c(F)c2)cc1. The number of anilines is 1. The quantitative estimate of drug-likeness (QED) is 0.474. The van der Waals surface area contributed by atoms with Crippen molar-refractivity contribution in [1.82, 2.24) is 0 Å². The molecule has 0 aliphatic carbocycles. The highest BCUT2D eigenvalue weighted by atomic mass is 32.2. The van der Waals surface area contributed by atoms with Gasteiger partial charge in [0.1, 0.15) is 5.82 Å². The van der Waals surface area contributed by atoms with Crippen molar-refractivity contribution in [1.29, 1.82) is 0 Å². The second-order valence-electron chi connectivity index (χ2n) is 4.46. The Morgan fingerprint density at radius 1 is 1.05 bits per heavy atom. The molecule has 2 aromatic rings. The minimum Gasteiger partial charge on any atom is -0.396 e. The summed E-state index contributed by atoms with van der Waals surface area (Å²) in [5.74, 6) is 0.783. The lowest BCUT2D eigenvalue weighted by atomic mass is 10.1. The van der Waals surface area contributed by atoms with E-state index in [0.717, 1.165) is 16.9 Å². The van der Waals surface area contributed by atoms with Crippen LogP contribution in [0.3, 0.4) is 0 Å². The predicted octanol–water partition coefficient (Wildman–Crippen LogP) is 4.97. The van der Waals surface area contributed by atoms with Crippen molar-refractivity contribution >= 4 is 17.4 Å². The fourth-order valence-corrected chi connectivity index (χ4v) is 2.78. The average molecular weight is 275 g/mol. The zero-order valence-corrected chi connectivity index (χ0v) is 11.8. The largest absolute Gasteiger partial charge is 0.396 e. The van der Waals surface area contributed by atoms with Crippen molar-refractivity contribution in [3.05, 3.63) is 48.3 Å². The first-order valence-electron chi connectivity index (χ1n) is 6.49. The molecule has 3 heteroatoms. The van der Waals surface area contributed by atoms with Crippen molar-refractivity contribution in [3.8, 4) is 11.1 Å². The van der Waals surface area contributed by atoms with E-state index in [4.69, 9.17) is 5.73 Å². The molecular weight excluding hydrogens is 257 g/mol. The first-order chi connectivity index (χ1) is 9.20. The van der Waals surface area contributed by atoms with Crippen LogP contribution in [0.5, 0.6) is 0 Å².